The van der Waals surface area contributed by atoms with E-state index in [1.54, 1.807) is 32.1 Å². The summed E-state index contributed by atoms with van der Waals surface area (Å²) in [6, 6.07) is 16.6. The van der Waals surface area contributed by atoms with E-state index in [-0.39, 0.29) is 17.7 Å². The molecule has 6 nitrogen and oxygen atoms in total. The van der Waals surface area contributed by atoms with Crippen molar-refractivity contribution in [3.63, 3.8) is 0 Å². The molecule has 41 heavy (non-hydrogen) atoms. The lowest BCUT2D eigenvalue weighted by molar-refractivity contribution is -0.139. The van der Waals surface area contributed by atoms with Gasteiger partial charge in [-0.25, -0.2) is 14.2 Å². The largest absolute Gasteiger partial charge is 0.487 e. The van der Waals surface area contributed by atoms with Crippen LogP contribution in [0.4, 0.5) is 4.39 Å². The fourth-order valence-corrected chi connectivity index (χ4v) is 7.48. The molecule has 0 unspecified atom stereocenters. The van der Waals surface area contributed by atoms with Gasteiger partial charge in [0.05, 0.1) is 32.0 Å². The Morgan fingerprint density at radius 2 is 1.83 bits per heavy atom. The maximum atomic E-state index is 14.0. The lowest BCUT2D eigenvalue weighted by Crippen LogP contribution is -2.39. The van der Waals surface area contributed by atoms with Gasteiger partial charge in [-0.2, -0.15) is 0 Å². The molecule has 4 aromatic rings. The molecule has 1 atom stereocenters. The van der Waals surface area contributed by atoms with E-state index in [0.29, 0.717) is 38.5 Å². The molecule has 0 saturated carbocycles. The summed E-state index contributed by atoms with van der Waals surface area (Å²) in [6.07, 6.45) is 1.78. The fraction of sp³-hybridized carbons (Fsp3) is 0.167. The number of carbonyl (C=O) groups is 1. The summed E-state index contributed by atoms with van der Waals surface area (Å²) in [6.45, 7) is 3.94. The van der Waals surface area contributed by atoms with Crippen molar-refractivity contribution in [3.8, 4) is 5.75 Å². The first-order valence-corrected chi connectivity index (χ1v) is 16.0. The number of allylic oxidation sites excluding steroid dienone is 1. The van der Waals surface area contributed by atoms with E-state index in [0.717, 1.165) is 18.1 Å². The number of ether oxygens (including phenoxy) is 2. The van der Waals surface area contributed by atoms with Gasteiger partial charge in [0.2, 0.25) is 0 Å². The average Bonchev–Trinajstić information content (AvgIpc) is 3.23. The highest BCUT2D eigenvalue weighted by atomic mass is 127. The van der Waals surface area contributed by atoms with Crippen LogP contribution in [0.5, 0.6) is 5.75 Å². The van der Waals surface area contributed by atoms with Gasteiger partial charge >= 0.3 is 5.97 Å². The van der Waals surface area contributed by atoms with E-state index in [1.165, 1.54) is 28.0 Å². The number of hydrogen-bond acceptors (Lipinski definition) is 6. The topological polar surface area (TPSA) is 69.9 Å². The number of esters is 1. The second kappa shape index (κ2) is 12.7. The van der Waals surface area contributed by atoms with Gasteiger partial charge in [0.15, 0.2) is 4.80 Å². The van der Waals surface area contributed by atoms with Crippen LogP contribution in [0.25, 0.3) is 6.08 Å². The van der Waals surface area contributed by atoms with Crippen LogP contribution in [0.2, 0.25) is 0 Å². The van der Waals surface area contributed by atoms with E-state index >= 15 is 0 Å². The Morgan fingerprint density at radius 3 is 2.51 bits per heavy atom. The predicted molar refractivity (Wildman–Crippen MR) is 172 cm³/mol. The highest BCUT2D eigenvalue weighted by Crippen LogP contribution is 2.33. The van der Waals surface area contributed by atoms with Crippen molar-refractivity contribution in [2.24, 2.45) is 4.99 Å². The van der Waals surface area contributed by atoms with Crippen LogP contribution >= 0.6 is 65.8 Å². The molecule has 0 fully saturated rings. The maximum Gasteiger partial charge on any atom is 0.338 e. The first-order valence-electron chi connectivity index (χ1n) is 12.5. The summed E-state index contributed by atoms with van der Waals surface area (Å²) >= 11 is 10.4. The molecule has 1 aliphatic heterocycles. The highest BCUT2D eigenvalue weighted by Gasteiger charge is 2.33. The zero-order chi connectivity index (χ0) is 29.3. The van der Waals surface area contributed by atoms with Crippen molar-refractivity contribution in [1.82, 2.24) is 4.57 Å². The smallest absolute Gasteiger partial charge is 0.338 e. The van der Waals surface area contributed by atoms with Crippen molar-refractivity contribution in [2.75, 3.05) is 6.61 Å². The van der Waals surface area contributed by atoms with E-state index in [9.17, 15) is 14.0 Å². The summed E-state index contributed by atoms with van der Waals surface area (Å²) in [7, 11) is 0. The minimum atomic E-state index is -0.816. The number of thiazole rings is 1. The third-order valence-corrected chi connectivity index (χ3v) is 9.09. The molecule has 0 spiro atoms. The number of hydrogen-bond donors (Lipinski definition) is 0. The van der Waals surface area contributed by atoms with E-state index in [1.807, 2.05) is 36.4 Å². The zero-order valence-corrected chi connectivity index (χ0v) is 27.9. The molecule has 1 aromatic heterocycles. The third kappa shape index (κ3) is 6.42. The summed E-state index contributed by atoms with van der Waals surface area (Å²) in [4.78, 5) is 32.1. The number of benzene rings is 3. The van der Waals surface area contributed by atoms with Crippen molar-refractivity contribution in [1.29, 1.82) is 0 Å². The molecule has 0 bridgehead atoms. The van der Waals surface area contributed by atoms with Gasteiger partial charge in [-0.15, -0.1) is 0 Å². The third-order valence-electron chi connectivity index (χ3n) is 6.32. The van der Waals surface area contributed by atoms with Gasteiger partial charge in [-0.1, -0.05) is 67.5 Å². The molecular formula is C30H22Br2FIN2O4S. The van der Waals surface area contributed by atoms with Crippen molar-refractivity contribution >= 4 is 77.8 Å². The zero-order valence-electron chi connectivity index (χ0n) is 21.8. The number of halogens is 4. The monoisotopic (exact) mass is 810 g/mol. The maximum absolute atomic E-state index is 14.0. The quantitative estimate of drug-likeness (QED) is 0.155. The summed E-state index contributed by atoms with van der Waals surface area (Å²) < 4.78 is 30.0. The minimum Gasteiger partial charge on any atom is -0.487 e. The molecule has 2 heterocycles. The number of aromatic nitrogens is 1. The van der Waals surface area contributed by atoms with Crippen LogP contribution in [0.1, 0.15) is 36.6 Å². The Balaban J connectivity index is 1.64. The van der Waals surface area contributed by atoms with Gasteiger partial charge in [0.25, 0.3) is 5.56 Å². The van der Waals surface area contributed by atoms with E-state index in [4.69, 9.17) is 9.47 Å². The lowest BCUT2D eigenvalue weighted by atomic mass is 9.96. The van der Waals surface area contributed by atoms with Crippen molar-refractivity contribution in [3.05, 3.63) is 127 Å². The molecule has 1 aliphatic rings. The Bertz CT molecular complexity index is 1850. The summed E-state index contributed by atoms with van der Waals surface area (Å²) in [5, 5.41) is 0. The number of fused-ring (bicyclic) bond motifs is 1. The molecule has 210 valence electrons. The standard InChI is InChI=1S/C30H22Br2FIN2O4S/c1-3-39-29(38)25-16(2)35-30-36(26(25)18-6-10-22(33)11-7-18)28(37)24(41-30)13-19-12-21(32)14-23(34)27(19)40-15-17-4-8-20(31)9-5-17/h4-14,26H,3,15H2,1-2H3/b24-13-/t26-/m1/s1. The van der Waals surface area contributed by atoms with Crippen LogP contribution in [0.15, 0.2) is 90.7 Å². The van der Waals surface area contributed by atoms with Crippen LogP contribution < -0.4 is 19.6 Å². The Hall–Kier alpha value is -2.61. The van der Waals surface area contributed by atoms with Crippen LogP contribution in [-0.2, 0) is 16.1 Å². The Morgan fingerprint density at radius 1 is 1.12 bits per heavy atom. The average molecular weight is 812 g/mol. The van der Waals surface area contributed by atoms with Gasteiger partial charge in [-0.05, 0) is 90.0 Å². The molecule has 0 N–H and O–H groups in total. The van der Waals surface area contributed by atoms with E-state index < -0.39 is 17.8 Å². The lowest BCUT2D eigenvalue weighted by Gasteiger charge is -2.24. The fourth-order valence-electron chi connectivity index (χ4n) is 4.47. The highest BCUT2D eigenvalue weighted by molar-refractivity contribution is 14.1. The van der Waals surface area contributed by atoms with Crippen LogP contribution in [0, 0.1) is 9.39 Å². The summed E-state index contributed by atoms with van der Waals surface area (Å²) in [5.41, 5.74) is 2.65. The first-order chi connectivity index (χ1) is 19.7. The Labute approximate surface area is 269 Å². The Kier molecular flexibility index (Phi) is 9.27. The number of nitrogens with zero attached hydrogens (tertiary/aromatic N) is 2. The molecule has 0 radical (unpaired) electrons. The number of rotatable bonds is 7. The molecule has 0 saturated heterocycles. The molecule has 3 aromatic carbocycles. The SMILES string of the molecule is CCOC(=O)C1=C(C)N=c2s/c(=C\c3cc(Br)cc(I)c3OCc3ccc(Br)cc3)c(=O)n2[C@@H]1c1ccc(F)cc1. The summed E-state index contributed by atoms with van der Waals surface area (Å²) in [5.74, 6) is -0.344. The van der Waals surface area contributed by atoms with Gasteiger partial charge < -0.3 is 9.47 Å². The van der Waals surface area contributed by atoms with Crippen molar-refractivity contribution in [2.45, 2.75) is 26.5 Å². The molecule has 0 aliphatic carbocycles. The van der Waals surface area contributed by atoms with Crippen molar-refractivity contribution < 1.29 is 18.7 Å². The van der Waals surface area contributed by atoms with Crippen LogP contribution in [0.3, 0.4) is 0 Å². The number of carbonyl (C=O) groups excluding carboxylic acids is 1. The minimum absolute atomic E-state index is 0.167. The molecule has 11 heteroatoms. The predicted octanol–water partition coefficient (Wildman–Crippen LogP) is 6.65. The molecule has 5 rings (SSSR count). The normalized spacial score (nSPS) is 15.0. The van der Waals surface area contributed by atoms with Gasteiger partial charge in [0.1, 0.15) is 18.2 Å². The van der Waals surface area contributed by atoms with Crippen LogP contribution in [-0.4, -0.2) is 17.1 Å². The second-order valence-corrected chi connectivity index (χ2v) is 13.1. The second-order valence-electron chi connectivity index (χ2n) is 9.07. The first kappa shape index (κ1) is 29.9. The van der Waals surface area contributed by atoms with E-state index in [2.05, 4.69) is 59.4 Å². The van der Waals surface area contributed by atoms with Gasteiger partial charge in [0, 0.05) is 14.5 Å². The molecule has 0 amide bonds. The molecular weight excluding hydrogens is 790 g/mol. The van der Waals surface area contributed by atoms with Gasteiger partial charge in [-0.3, -0.25) is 9.36 Å².